The van der Waals surface area contributed by atoms with Gasteiger partial charge in [0.1, 0.15) is 6.29 Å². The fourth-order valence-corrected chi connectivity index (χ4v) is 1.95. The minimum absolute atomic E-state index is 0.744. The summed E-state index contributed by atoms with van der Waals surface area (Å²) in [6.45, 7) is 2.75. The van der Waals surface area contributed by atoms with E-state index in [4.69, 9.17) is 0 Å². The summed E-state index contributed by atoms with van der Waals surface area (Å²) in [6, 6.07) is 5.85. The first-order chi connectivity index (χ1) is 8.60. The van der Waals surface area contributed by atoms with Crippen LogP contribution in [0.3, 0.4) is 0 Å². The highest BCUT2D eigenvalue weighted by molar-refractivity contribution is 5.78. The van der Waals surface area contributed by atoms with Crippen molar-refractivity contribution in [3.8, 4) is 0 Å². The summed E-state index contributed by atoms with van der Waals surface area (Å²) in [4.78, 5) is 12.9. The van der Waals surface area contributed by atoms with Crippen molar-refractivity contribution in [2.45, 2.75) is 13.5 Å². The highest BCUT2D eigenvalue weighted by Gasteiger charge is 2.05. The van der Waals surface area contributed by atoms with Crippen LogP contribution in [-0.2, 0) is 13.6 Å². The zero-order valence-electron chi connectivity index (χ0n) is 10.9. The molecule has 0 fully saturated rings. The van der Waals surface area contributed by atoms with E-state index in [1.807, 2.05) is 51.6 Å². The van der Waals surface area contributed by atoms with Crippen LogP contribution in [0.15, 0.2) is 30.6 Å². The van der Waals surface area contributed by atoms with Gasteiger partial charge in [0.25, 0.3) is 0 Å². The molecule has 0 N–H and O–H groups in total. The molecule has 94 valence electrons. The average molecular weight is 243 g/mol. The van der Waals surface area contributed by atoms with Gasteiger partial charge >= 0.3 is 0 Å². The lowest BCUT2D eigenvalue weighted by atomic mass is 10.1. The normalized spacial score (nSPS) is 10.4. The van der Waals surface area contributed by atoms with Gasteiger partial charge in [0.05, 0.1) is 6.20 Å². The second-order valence-electron chi connectivity index (χ2n) is 4.54. The maximum atomic E-state index is 10.8. The molecule has 0 saturated heterocycles. The molecule has 2 aromatic rings. The third-order valence-corrected chi connectivity index (χ3v) is 3.00. The van der Waals surface area contributed by atoms with E-state index in [0.29, 0.717) is 0 Å². The number of benzene rings is 1. The Labute approximate surface area is 107 Å². The molecular weight excluding hydrogens is 226 g/mol. The van der Waals surface area contributed by atoms with Crippen LogP contribution in [0, 0.1) is 6.92 Å². The number of carbonyl (C=O) groups is 1. The molecule has 4 heteroatoms. The molecule has 0 aliphatic rings. The molecule has 4 nitrogen and oxygen atoms in total. The predicted molar refractivity (Wildman–Crippen MR) is 71.9 cm³/mol. The second kappa shape index (κ2) is 5.04. The molecule has 0 spiro atoms. The standard InChI is InChI=1S/C14H17N3O/c1-11-6-14(5-4-13(11)10-18)16(2)8-12-7-15-17(3)9-12/h4-7,9-10H,8H2,1-3H3. The van der Waals surface area contributed by atoms with Gasteiger partial charge < -0.3 is 4.90 Å². The molecule has 1 aromatic heterocycles. The molecule has 0 unspecified atom stereocenters. The Morgan fingerprint density at radius 2 is 2.22 bits per heavy atom. The summed E-state index contributed by atoms with van der Waals surface area (Å²) in [5, 5.41) is 4.15. The number of carbonyl (C=O) groups excluding carboxylic acids is 1. The molecule has 0 atom stereocenters. The molecule has 0 radical (unpaired) electrons. The molecular formula is C14H17N3O. The van der Waals surface area contributed by atoms with Crippen molar-refractivity contribution in [1.29, 1.82) is 0 Å². The third-order valence-electron chi connectivity index (χ3n) is 3.00. The van der Waals surface area contributed by atoms with E-state index in [1.54, 1.807) is 4.68 Å². The Kier molecular flexibility index (Phi) is 3.46. The number of nitrogens with zero attached hydrogens (tertiary/aromatic N) is 3. The van der Waals surface area contributed by atoms with Gasteiger partial charge in [0.2, 0.25) is 0 Å². The number of hydrogen-bond acceptors (Lipinski definition) is 3. The summed E-state index contributed by atoms with van der Waals surface area (Å²) in [6.07, 6.45) is 4.76. The zero-order valence-corrected chi connectivity index (χ0v) is 10.9. The highest BCUT2D eigenvalue weighted by atomic mass is 16.1. The van der Waals surface area contributed by atoms with Crippen LogP contribution >= 0.6 is 0 Å². The van der Waals surface area contributed by atoms with Gasteiger partial charge in [-0.05, 0) is 30.7 Å². The molecule has 0 aliphatic heterocycles. The smallest absolute Gasteiger partial charge is 0.150 e. The van der Waals surface area contributed by atoms with Gasteiger partial charge in [-0.2, -0.15) is 5.10 Å². The number of aryl methyl sites for hydroxylation is 2. The van der Waals surface area contributed by atoms with Crippen molar-refractivity contribution < 1.29 is 4.79 Å². The van der Waals surface area contributed by atoms with E-state index < -0.39 is 0 Å². The molecule has 18 heavy (non-hydrogen) atoms. The molecule has 1 heterocycles. The van der Waals surface area contributed by atoms with E-state index in [9.17, 15) is 4.79 Å². The van der Waals surface area contributed by atoms with Crippen molar-refractivity contribution in [3.63, 3.8) is 0 Å². The van der Waals surface area contributed by atoms with Crippen LogP contribution in [0.25, 0.3) is 0 Å². The topological polar surface area (TPSA) is 38.1 Å². The number of aldehydes is 1. The molecule has 1 aromatic carbocycles. The van der Waals surface area contributed by atoms with Gasteiger partial charge in [0, 0.05) is 43.7 Å². The quantitative estimate of drug-likeness (QED) is 0.772. The van der Waals surface area contributed by atoms with Crippen LogP contribution in [0.1, 0.15) is 21.5 Å². The van der Waals surface area contributed by atoms with E-state index in [2.05, 4.69) is 10.00 Å². The van der Waals surface area contributed by atoms with Gasteiger partial charge in [-0.15, -0.1) is 0 Å². The lowest BCUT2D eigenvalue weighted by Crippen LogP contribution is -2.16. The van der Waals surface area contributed by atoms with E-state index >= 15 is 0 Å². The van der Waals surface area contributed by atoms with E-state index in [0.717, 1.165) is 35.2 Å². The van der Waals surface area contributed by atoms with E-state index in [-0.39, 0.29) is 0 Å². The molecule has 0 aliphatic carbocycles. The minimum atomic E-state index is 0.744. The first kappa shape index (κ1) is 12.4. The van der Waals surface area contributed by atoms with Crippen molar-refractivity contribution in [1.82, 2.24) is 9.78 Å². The van der Waals surface area contributed by atoms with Crippen molar-refractivity contribution in [3.05, 3.63) is 47.3 Å². The second-order valence-corrected chi connectivity index (χ2v) is 4.54. The van der Waals surface area contributed by atoms with Gasteiger partial charge in [-0.25, -0.2) is 0 Å². The van der Waals surface area contributed by atoms with Gasteiger partial charge in [0.15, 0.2) is 0 Å². The fraction of sp³-hybridized carbons (Fsp3) is 0.286. The summed E-state index contributed by atoms with van der Waals surface area (Å²) < 4.78 is 1.80. The Morgan fingerprint density at radius 1 is 1.44 bits per heavy atom. The Balaban J connectivity index is 2.16. The van der Waals surface area contributed by atoms with Crippen molar-refractivity contribution >= 4 is 12.0 Å². The van der Waals surface area contributed by atoms with Crippen molar-refractivity contribution in [2.24, 2.45) is 7.05 Å². The largest absolute Gasteiger partial charge is 0.370 e. The van der Waals surface area contributed by atoms with E-state index in [1.165, 1.54) is 0 Å². The van der Waals surface area contributed by atoms with Crippen LogP contribution in [0.5, 0.6) is 0 Å². The number of rotatable bonds is 4. The number of aromatic nitrogens is 2. The first-order valence-corrected chi connectivity index (χ1v) is 5.84. The predicted octanol–water partition coefficient (Wildman–Crippen LogP) is 2.18. The number of hydrogen-bond donors (Lipinski definition) is 0. The summed E-state index contributed by atoms with van der Waals surface area (Å²) in [7, 11) is 3.94. The number of anilines is 1. The first-order valence-electron chi connectivity index (χ1n) is 5.84. The van der Waals surface area contributed by atoms with Gasteiger partial charge in [-0.1, -0.05) is 0 Å². The van der Waals surface area contributed by atoms with Gasteiger partial charge in [-0.3, -0.25) is 9.48 Å². The lowest BCUT2D eigenvalue weighted by molar-refractivity contribution is 0.112. The van der Waals surface area contributed by atoms with Crippen LogP contribution < -0.4 is 4.90 Å². The Bertz CT molecular complexity index is 560. The fourth-order valence-electron chi connectivity index (χ4n) is 1.95. The maximum absolute atomic E-state index is 10.8. The lowest BCUT2D eigenvalue weighted by Gasteiger charge is -2.19. The van der Waals surface area contributed by atoms with Crippen LogP contribution in [0.4, 0.5) is 5.69 Å². The summed E-state index contributed by atoms with van der Waals surface area (Å²) >= 11 is 0. The average Bonchev–Trinajstić information content (AvgIpc) is 2.74. The highest BCUT2D eigenvalue weighted by Crippen LogP contribution is 2.18. The van der Waals surface area contributed by atoms with Crippen molar-refractivity contribution in [2.75, 3.05) is 11.9 Å². The molecule has 0 saturated carbocycles. The maximum Gasteiger partial charge on any atom is 0.150 e. The van der Waals surface area contributed by atoms with Crippen LogP contribution in [0.2, 0.25) is 0 Å². The molecule has 0 bridgehead atoms. The Hall–Kier alpha value is -2.10. The molecule has 0 amide bonds. The monoisotopic (exact) mass is 243 g/mol. The van der Waals surface area contributed by atoms with Crippen LogP contribution in [-0.4, -0.2) is 23.1 Å². The minimum Gasteiger partial charge on any atom is -0.370 e. The Morgan fingerprint density at radius 3 is 2.78 bits per heavy atom. The molecule has 2 rings (SSSR count). The zero-order chi connectivity index (χ0) is 13.1. The third kappa shape index (κ3) is 2.59. The summed E-state index contributed by atoms with van der Waals surface area (Å²) in [5.41, 5.74) is 4.01. The summed E-state index contributed by atoms with van der Waals surface area (Å²) in [5.74, 6) is 0. The SMILES string of the molecule is Cc1cc(N(C)Cc2cnn(C)c2)ccc1C=O.